The summed E-state index contributed by atoms with van der Waals surface area (Å²) in [5, 5.41) is 4.53. The van der Waals surface area contributed by atoms with Crippen LogP contribution in [-0.2, 0) is 11.2 Å². The SMILES string of the molecule is CNCCC(=O)N1CCC(Cc2cc(Cl)ccc2Cl)CC1. The van der Waals surface area contributed by atoms with Gasteiger partial charge in [0.05, 0.1) is 0 Å². The molecule has 1 N–H and O–H groups in total. The third kappa shape index (κ3) is 4.87. The van der Waals surface area contributed by atoms with E-state index in [1.807, 2.05) is 30.1 Å². The van der Waals surface area contributed by atoms with Gasteiger partial charge in [-0.15, -0.1) is 0 Å². The van der Waals surface area contributed by atoms with E-state index in [0.29, 0.717) is 12.3 Å². The number of benzene rings is 1. The van der Waals surface area contributed by atoms with Crippen LogP contribution in [0.25, 0.3) is 0 Å². The Bertz CT molecular complexity index is 485. The molecule has 0 bridgehead atoms. The first-order chi connectivity index (χ1) is 10.1. The summed E-state index contributed by atoms with van der Waals surface area (Å²) in [7, 11) is 1.87. The maximum Gasteiger partial charge on any atom is 0.223 e. The van der Waals surface area contributed by atoms with Gasteiger partial charge in [0.15, 0.2) is 0 Å². The summed E-state index contributed by atoms with van der Waals surface area (Å²) in [4.78, 5) is 13.9. The second kappa shape index (κ2) is 8.02. The molecule has 1 saturated heterocycles. The van der Waals surface area contributed by atoms with E-state index in [1.54, 1.807) is 0 Å². The second-order valence-corrected chi connectivity index (χ2v) is 6.46. The number of hydrogen-bond acceptors (Lipinski definition) is 2. The van der Waals surface area contributed by atoms with Crippen molar-refractivity contribution in [2.24, 2.45) is 5.92 Å². The highest BCUT2D eigenvalue weighted by atomic mass is 35.5. The predicted molar refractivity (Wildman–Crippen MR) is 88.0 cm³/mol. The quantitative estimate of drug-likeness (QED) is 0.898. The van der Waals surface area contributed by atoms with Gasteiger partial charge in [0, 0.05) is 36.1 Å². The number of amides is 1. The van der Waals surface area contributed by atoms with Gasteiger partial charge in [-0.25, -0.2) is 0 Å². The molecule has 0 radical (unpaired) electrons. The molecule has 0 aromatic heterocycles. The molecule has 0 atom stereocenters. The van der Waals surface area contributed by atoms with Crippen molar-refractivity contribution < 1.29 is 4.79 Å². The maximum atomic E-state index is 12.0. The standard InChI is InChI=1S/C16H22Cl2N2O/c1-19-7-4-16(21)20-8-5-12(6-9-20)10-13-11-14(17)2-3-15(13)18/h2-3,11-12,19H,4-10H2,1H3. The lowest BCUT2D eigenvalue weighted by Gasteiger charge is -2.32. The van der Waals surface area contributed by atoms with Crippen molar-refractivity contribution in [2.45, 2.75) is 25.7 Å². The summed E-state index contributed by atoms with van der Waals surface area (Å²) in [5.74, 6) is 0.831. The zero-order valence-electron chi connectivity index (χ0n) is 12.4. The molecule has 2 rings (SSSR count). The van der Waals surface area contributed by atoms with Crippen LogP contribution >= 0.6 is 23.2 Å². The molecule has 0 spiro atoms. The number of nitrogens with zero attached hydrogens (tertiary/aromatic N) is 1. The third-order valence-electron chi connectivity index (χ3n) is 4.07. The highest BCUT2D eigenvalue weighted by molar-refractivity contribution is 6.33. The number of nitrogens with one attached hydrogen (secondary N) is 1. The summed E-state index contributed by atoms with van der Waals surface area (Å²) in [5.41, 5.74) is 1.11. The molecular weight excluding hydrogens is 307 g/mol. The Balaban J connectivity index is 1.84. The van der Waals surface area contributed by atoms with Crippen LogP contribution in [0, 0.1) is 5.92 Å². The molecule has 116 valence electrons. The van der Waals surface area contributed by atoms with Gasteiger partial charge in [0.1, 0.15) is 0 Å². The van der Waals surface area contributed by atoms with Crippen LogP contribution in [0.5, 0.6) is 0 Å². The van der Waals surface area contributed by atoms with Gasteiger partial charge in [-0.05, 0) is 56.0 Å². The van der Waals surface area contributed by atoms with E-state index < -0.39 is 0 Å². The Hall–Kier alpha value is -0.770. The monoisotopic (exact) mass is 328 g/mol. The molecule has 1 aromatic rings. The van der Waals surface area contributed by atoms with Crippen molar-refractivity contribution >= 4 is 29.1 Å². The van der Waals surface area contributed by atoms with Gasteiger partial charge in [-0.3, -0.25) is 4.79 Å². The molecule has 0 unspecified atom stereocenters. The van der Waals surface area contributed by atoms with Crippen LogP contribution < -0.4 is 5.32 Å². The Kier molecular flexibility index (Phi) is 6.34. The molecule has 0 saturated carbocycles. The fourth-order valence-corrected chi connectivity index (χ4v) is 3.18. The van der Waals surface area contributed by atoms with E-state index in [-0.39, 0.29) is 5.91 Å². The summed E-state index contributed by atoms with van der Waals surface area (Å²) < 4.78 is 0. The van der Waals surface area contributed by atoms with E-state index in [0.717, 1.165) is 54.5 Å². The van der Waals surface area contributed by atoms with Crippen molar-refractivity contribution in [3.63, 3.8) is 0 Å². The summed E-state index contributed by atoms with van der Waals surface area (Å²) >= 11 is 12.3. The number of carbonyl (C=O) groups excluding carboxylic acids is 1. The molecule has 1 amide bonds. The fraction of sp³-hybridized carbons (Fsp3) is 0.562. The van der Waals surface area contributed by atoms with Crippen molar-refractivity contribution in [3.8, 4) is 0 Å². The molecule has 3 nitrogen and oxygen atoms in total. The van der Waals surface area contributed by atoms with Gasteiger partial charge in [0.2, 0.25) is 5.91 Å². The molecule has 1 heterocycles. The highest BCUT2D eigenvalue weighted by Gasteiger charge is 2.23. The van der Waals surface area contributed by atoms with Gasteiger partial charge in [-0.2, -0.15) is 0 Å². The van der Waals surface area contributed by atoms with Gasteiger partial charge in [0.25, 0.3) is 0 Å². The van der Waals surface area contributed by atoms with Crippen molar-refractivity contribution in [3.05, 3.63) is 33.8 Å². The maximum absolute atomic E-state index is 12.0. The average molecular weight is 329 g/mol. The van der Waals surface area contributed by atoms with Crippen LogP contribution in [0.1, 0.15) is 24.8 Å². The number of likely N-dealkylation sites (tertiary alicyclic amines) is 1. The summed E-state index contributed by atoms with van der Waals surface area (Å²) in [6.45, 7) is 2.45. The van der Waals surface area contributed by atoms with E-state index in [9.17, 15) is 4.79 Å². The second-order valence-electron chi connectivity index (χ2n) is 5.62. The third-order valence-corrected chi connectivity index (χ3v) is 4.68. The van der Waals surface area contributed by atoms with E-state index >= 15 is 0 Å². The number of halogens is 2. The zero-order valence-corrected chi connectivity index (χ0v) is 13.9. The number of carbonyl (C=O) groups is 1. The molecular formula is C16H22Cl2N2O. The molecule has 1 fully saturated rings. The van der Waals surface area contributed by atoms with Crippen LogP contribution in [-0.4, -0.2) is 37.5 Å². The molecule has 1 aliphatic rings. The predicted octanol–water partition coefficient (Wildman–Crippen LogP) is 3.38. The largest absolute Gasteiger partial charge is 0.343 e. The summed E-state index contributed by atoms with van der Waals surface area (Å²) in [6.07, 6.45) is 3.60. The number of hydrogen-bond donors (Lipinski definition) is 1. The van der Waals surface area contributed by atoms with E-state index in [1.165, 1.54) is 0 Å². The normalized spacial score (nSPS) is 16.2. The number of rotatable bonds is 5. The Morgan fingerprint density at radius 1 is 1.33 bits per heavy atom. The van der Waals surface area contributed by atoms with E-state index in [2.05, 4.69) is 5.32 Å². The minimum atomic E-state index is 0.253. The Morgan fingerprint density at radius 2 is 2.05 bits per heavy atom. The minimum Gasteiger partial charge on any atom is -0.343 e. The lowest BCUT2D eigenvalue weighted by Crippen LogP contribution is -2.39. The highest BCUT2D eigenvalue weighted by Crippen LogP contribution is 2.27. The summed E-state index contributed by atoms with van der Waals surface area (Å²) in [6, 6.07) is 5.63. The smallest absolute Gasteiger partial charge is 0.223 e. The Morgan fingerprint density at radius 3 is 2.71 bits per heavy atom. The van der Waals surface area contributed by atoms with E-state index in [4.69, 9.17) is 23.2 Å². The lowest BCUT2D eigenvalue weighted by atomic mass is 9.90. The Labute approximate surface area is 136 Å². The molecule has 5 heteroatoms. The lowest BCUT2D eigenvalue weighted by molar-refractivity contribution is -0.132. The van der Waals surface area contributed by atoms with Crippen LogP contribution in [0.4, 0.5) is 0 Å². The minimum absolute atomic E-state index is 0.253. The first-order valence-electron chi connectivity index (χ1n) is 7.46. The topological polar surface area (TPSA) is 32.3 Å². The van der Waals surface area contributed by atoms with Crippen LogP contribution in [0.2, 0.25) is 10.0 Å². The molecule has 1 aromatic carbocycles. The molecule has 1 aliphatic heterocycles. The first-order valence-corrected chi connectivity index (χ1v) is 8.22. The van der Waals surface area contributed by atoms with Gasteiger partial charge >= 0.3 is 0 Å². The van der Waals surface area contributed by atoms with Gasteiger partial charge < -0.3 is 10.2 Å². The molecule has 0 aliphatic carbocycles. The fourth-order valence-electron chi connectivity index (χ4n) is 2.79. The van der Waals surface area contributed by atoms with Crippen molar-refractivity contribution in [1.29, 1.82) is 0 Å². The van der Waals surface area contributed by atoms with Crippen LogP contribution in [0.15, 0.2) is 18.2 Å². The first kappa shape index (κ1) is 16.6. The van der Waals surface area contributed by atoms with Crippen molar-refractivity contribution in [2.75, 3.05) is 26.7 Å². The number of piperidine rings is 1. The molecule has 21 heavy (non-hydrogen) atoms. The zero-order chi connectivity index (χ0) is 15.2. The average Bonchev–Trinajstić information content (AvgIpc) is 2.49. The van der Waals surface area contributed by atoms with Crippen LogP contribution in [0.3, 0.4) is 0 Å². The van der Waals surface area contributed by atoms with Gasteiger partial charge in [-0.1, -0.05) is 23.2 Å². The van der Waals surface area contributed by atoms with Crippen molar-refractivity contribution in [1.82, 2.24) is 10.2 Å².